The molecule has 5 nitrogen and oxygen atoms in total. The van der Waals surface area contributed by atoms with Gasteiger partial charge in [0.15, 0.2) is 0 Å². The van der Waals surface area contributed by atoms with Crippen LogP contribution < -0.4 is 0 Å². The second-order valence-electron chi connectivity index (χ2n) is 5.00. The molecule has 0 spiro atoms. The van der Waals surface area contributed by atoms with E-state index in [9.17, 15) is 13.5 Å². The lowest BCUT2D eigenvalue weighted by Gasteiger charge is -2.20. The predicted molar refractivity (Wildman–Crippen MR) is 77.9 cm³/mol. The highest BCUT2D eigenvalue weighted by Gasteiger charge is 2.11. The van der Waals surface area contributed by atoms with Crippen LogP contribution in [-0.2, 0) is 9.84 Å². The fraction of sp³-hybridized carbons (Fsp3) is 0.500. The Balaban J connectivity index is 2.44. The van der Waals surface area contributed by atoms with Crippen LogP contribution in [-0.4, -0.2) is 50.6 Å². The molecule has 1 N–H and O–H groups in total. The highest BCUT2D eigenvalue weighted by atomic mass is 32.2. The maximum atomic E-state index is 11.0. The lowest BCUT2D eigenvalue weighted by Crippen LogP contribution is -2.26. The topological polar surface area (TPSA) is 81.4 Å². The molecule has 0 aromatic heterocycles. The number of hydrogen-bond donors (Lipinski definition) is 1. The third-order valence-electron chi connectivity index (χ3n) is 2.96. The van der Waals surface area contributed by atoms with E-state index in [1.807, 2.05) is 18.0 Å². The Morgan fingerprint density at radius 1 is 1.35 bits per heavy atom. The average Bonchev–Trinajstić information content (AvgIpc) is 2.37. The average molecular weight is 296 g/mol. The molecule has 110 valence electrons. The molecule has 20 heavy (non-hydrogen) atoms. The zero-order valence-electron chi connectivity index (χ0n) is 11.8. The van der Waals surface area contributed by atoms with Gasteiger partial charge in [-0.05, 0) is 37.7 Å². The third-order valence-corrected chi connectivity index (χ3v) is 3.99. The molecule has 0 saturated heterocycles. The summed E-state index contributed by atoms with van der Waals surface area (Å²) < 4.78 is 22.0. The zero-order valence-corrected chi connectivity index (χ0v) is 12.6. The van der Waals surface area contributed by atoms with Gasteiger partial charge in [0.05, 0.1) is 23.5 Å². The molecule has 0 amide bonds. The van der Waals surface area contributed by atoms with Gasteiger partial charge in [-0.15, -0.1) is 0 Å². The van der Waals surface area contributed by atoms with Crippen LogP contribution in [0.2, 0.25) is 0 Å². The Kier molecular flexibility index (Phi) is 6.14. The summed E-state index contributed by atoms with van der Waals surface area (Å²) >= 11 is 0. The molecule has 0 aliphatic rings. The molecule has 0 heterocycles. The first-order valence-electron chi connectivity index (χ1n) is 6.36. The SMILES string of the molecule is CN(CCCS(C)(=O)=O)CC(O)c1ccc(C#N)cc1. The van der Waals surface area contributed by atoms with E-state index in [1.54, 1.807) is 24.3 Å². The van der Waals surface area contributed by atoms with Gasteiger partial charge in [0, 0.05) is 12.8 Å². The van der Waals surface area contributed by atoms with Crippen LogP contribution in [0.4, 0.5) is 0 Å². The van der Waals surface area contributed by atoms with Crippen LogP contribution in [0.5, 0.6) is 0 Å². The normalized spacial score (nSPS) is 13.2. The van der Waals surface area contributed by atoms with E-state index in [0.29, 0.717) is 25.1 Å². The molecule has 0 bridgehead atoms. The van der Waals surface area contributed by atoms with Crippen LogP contribution in [0.25, 0.3) is 0 Å². The summed E-state index contributed by atoms with van der Waals surface area (Å²) in [6, 6.07) is 8.82. The first-order chi connectivity index (χ1) is 9.31. The van der Waals surface area contributed by atoms with Crippen molar-refractivity contribution in [1.82, 2.24) is 4.90 Å². The summed E-state index contributed by atoms with van der Waals surface area (Å²) in [6.45, 7) is 1.04. The van der Waals surface area contributed by atoms with E-state index >= 15 is 0 Å². The van der Waals surface area contributed by atoms with E-state index in [1.165, 1.54) is 6.26 Å². The van der Waals surface area contributed by atoms with Crippen molar-refractivity contribution in [2.24, 2.45) is 0 Å². The Morgan fingerprint density at radius 3 is 2.45 bits per heavy atom. The minimum atomic E-state index is -2.93. The zero-order chi connectivity index (χ0) is 15.2. The second-order valence-corrected chi connectivity index (χ2v) is 7.26. The van der Waals surface area contributed by atoms with E-state index in [2.05, 4.69) is 0 Å². The molecule has 0 aliphatic heterocycles. The molecule has 1 aromatic carbocycles. The Morgan fingerprint density at radius 2 is 1.95 bits per heavy atom. The van der Waals surface area contributed by atoms with Gasteiger partial charge in [0.25, 0.3) is 0 Å². The quantitative estimate of drug-likeness (QED) is 0.810. The van der Waals surface area contributed by atoms with Crippen LogP contribution in [0.15, 0.2) is 24.3 Å². The van der Waals surface area contributed by atoms with E-state index in [4.69, 9.17) is 5.26 Å². The summed E-state index contributed by atoms with van der Waals surface area (Å²) in [6.07, 6.45) is 1.12. The smallest absolute Gasteiger partial charge is 0.147 e. The van der Waals surface area contributed by atoms with Crippen molar-refractivity contribution in [3.8, 4) is 6.07 Å². The van der Waals surface area contributed by atoms with Crippen molar-refractivity contribution in [1.29, 1.82) is 5.26 Å². The minimum Gasteiger partial charge on any atom is -0.387 e. The third kappa shape index (κ3) is 6.15. The van der Waals surface area contributed by atoms with Crippen molar-refractivity contribution in [2.75, 3.05) is 32.1 Å². The van der Waals surface area contributed by atoms with E-state index in [-0.39, 0.29) is 5.75 Å². The number of rotatable bonds is 7. The van der Waals surface area contributed by atoms with Gasteiger partial charge in [-0.3, -0.25) is 0 Å². The Labute approximate surface area is 120 Å². The minimum absolute atomic E-state index is 0.157. The number of nitrogens with zero attached hydrogens (tertiary/aromatic N) is 2. The largest absolute Gasteiger partial charge is 0.387 e. The van der Waals surface area contributed by atoms with Gasteiger partial charge in [-0.1, -0.05) is 12.1 Å². The maximum absolute atomic E-state index is 11.0. The van der Waals surface area contributed by atoms with Gasteiger partial charge < -0.3 is 10.0 Å². The van der Waals surface area contributed by atoms with E-state index < -0.39 is 15.9 Å². The van der Waals surface area contributed by atoms with Crippen molar-refractivity contribution in [3.05, 3.63) is 35.4 Å². The Hall–Kier alpha value is -1.42. The maximum Gasteiger partial charge on any atom is 0.147 e. The van der Waals surface area contributed by atoms with Gasteiger partial charge in [-0.2, -0.15) is 5.26 Å². The first-order valence-corrected chi connectivity index (χ1v) is 8.42. The number of aliphatic hydroxyl groups is 1. The summed E-state index contributed by atoms with van der Waals surface area (Å²) in [7, 11) is -1.09. The van der Waals surface area contributed by atoms with Gasteiger partial charge in [-0.25, -0.2) is 8.42 Å². The van der Waals surface area contributed by atoms with Gasteiger partial charge >= 0.3 is 0 Å². The molecule has 0 fully saturated rings. The van der Waals surface area contributed by atoms with E-state index in [0.717, 1.165) is 5.56 Å². The van der Waals surface area contributed by atoms with Gasteiger partial charge in [0.2, 0.25) is 0 Å². The number of likely N-dealkylation sites (N-methyl/N-ethyl adjacent to an activating group) is 1. The summed E-state index contributed by atoms with van der Waals surface area (Å²) in [5, 5.41) is 18.8. The second kappa shape index (κ2) is 7.39. The van der Waals surface area contributed by atoms with Crippen LogP contribution in [0.1, 0.15) is 23.7 Å². The fourth-order valence-corrected chi connectivity index (χ4v) is 2.52. The molecule has 6 heteroatoms. The molecule has 1 rings (SSSR count). The first kappa shape index (κ1) is 16.6. The Bertz CT molecular complexity index is 561. The fourth-order valence-electron chi connectivity index (χ4n) is 1.87. The van der Waals surface area contributed by atoms with Crippen LogP contribution in [0.3, 0.4) is 0 Å². The summed E-state index contributed by atoms with van der Waals surface area (Å²) in [5.74, 6) is 0.157. The van der Waals surface area contributed by atoms with Gasteiger partial charge in [0.1, 0.15) is 9.84 Å². The molecule has 0 radical (unpaired) electrons. The number of benzene rings is 1. The number of nitriles is 1. The van der Waals surface area contributed by atoms with Crippen molar-refractivity contribution < 1.29 is 13.5 Å². The molecule has 0 saturated carbocycles. The van der Waals surface area contributed by atoms with Crippen molar-refractivity contribution >= 4 is 9.84 Å². The molecule has 0 aliphatic carbocycles. The number of aliphatic hydroxyl groups excluding tert-OH is 1. The molecular formula is C14H20N2O3S. The molecule has 1 aromatic rings. The molecule has 1 atom stereocenters. The van der Waals surface area contributed by atoms with Crippen molar-refractivity contribution in [3.63, 3.8) is 0 Å². The standard InChI is InChI=1S/C14H20N2O3S/c1-16(8-3-9-20(2,18)19)11-14(17)13-6-4-12(10-15)5-7-13/h4-7,14,17H,3,8-9,11H2,1-2H3. The predicted octanol–water partition coefficient (Wildman–Crippen LogP) is 0.958. The lowest BCUT2D eigenvalue weighted by atomic mass is 10.1. The highest BCUT2D eigenvalue weighted by Crippen LogP contribution is 2.14. The van der Waals surface area contributed by atoms with Crippen LogP contribution in [0, 0.1) is 11.3 Å². The lowest BCUT2D eigenvalue weighted by molar-refractivity contribution is 0.127. The molecular weight excluding hydrogens is 276 g/mol. The summed E-state index contributed by atoms with van der Waals surface area (Å²) in [5.41, 5.74) is 1.31. The monoisotopic (exact) mass is 296 g/mol. The highest BCUT2D eigenvalue weighted by molar-refractivity contribution is 7.90. The van der Waals surface area contributed by atoms with Crippen LogP contribution >= 0.6 is 0 Å². The number of sulfone groups is 1. The molecule has 1 unspecified atom stereocenters. The number of hydrogen-bond acceptors (Lipinski definition) is 5. The van der Waals surface area contributed by atoms with Crippen molar-refractivity contribution in [2.45, 2.75) is 12.5 Å². The summed E-state index contributed by atoms with van der Waals surface area (Å²) in [4.78, 5) is 1.90.